The van der Waals surface area contributed by atoms with Crippen molar-refractivity contribution in [2.24, 2.45) is 0 Å². The average Bonchev–Trinajstić information content (AvgIpc) is 3.27. The second kappa shape index (κ2) is 9.73. The van der Waals surface area contributed by atoms with Gasteiger partial charge in [-0.1, -0.05) is 50.2 Å². The highest BCUT2D eigenvalue weighted by Gasteiger charge is 2.20. The van der Waals surface area contributed by atoms with E-state index in [-0.39, 0.29) is 11.5 Å². The van der Waals surface area contributed by atoms with Crippen LogP contribution >= 0.6 is 0 Å². The summed E-state index contributed by atoms with van der Waals surface area (Å²) >= 11 is 0. The molecule has 0 fully saturated rings. The first-order chi connectivity index (χ1) is 16.0. The van der Waals surface area contributed by atoms with Gasteiger partial charge in [0, 0.05) is 23.7 Å². The molecule has 3 aromatic carbocycles. The molecule has 0 saturated carbocycles. The van der Waals surface area contributed by atoms with Crippen LogP contribution in [0.3, 0.4) is 0 Å². The molecule has 2 N–H and O–H groups in total. The van der Waals surface area contributed by atoms with Crippen LogP contribution in [0, 0.1) is 0 Å². The Hall–Kier alpha value is -3.87. The van der Waals surface area contributed by atoms with Crippen LogP contribution in [0.5, 0.6) is 17.2 Å². The van der Waals surface area contributed by atoms with E-state index in [9.17, 15) is 10.2 Å². The smallest absolute Gasteiger partial charge is 0.185 e. The summed E-state index contributed by atoms with van der Waals surface area (Å²) in [5.74, 6) is 1.26. The Balaban J connectivity index is 1.68. The molecular formula is C26H28N4O3. The van der Waals surface area contributed by atoms with E-state index in [0.717, 1.165) is 24.0 Å². The number of aromatic nitrogens is 4. The highest BCUT2D eigenvalue weighted by Crippen LogP contribution is 2.43. The van der Waals surface area contributed by atoms with Crippen molar-refractivity contribution >= 4 is 0 Å². The molecule has 0 unspecified atom stereocenters. The summed E-state index contributed by atoms with van der Waals surface area (Å²) in [5, 5.41) is 33.4. The molecule has 7 nitrogen and oxygen atoms in total. The zero-order valence-corrected chi connectivity index (χ0v) is 19.1. The lowest BCUT2D eigenvalue weighted by Gasteiger charge is -2.15. The second-order valence-corrected chi connectivity index (χ2v) is 8.32. The highest BCUT2D eigenvalue weighted by molar-refractivity contribution is 5.82. The number of tetrazole rings is 1. The van der Waals surface area contributed by atoms with E-state index < -0.39 is 0 Å². The lowest BCUT2D eigenvalue weighted by atomic mass is 9.94. The first kappa shape index (κ1) is 22.3. The Bertz CT molecular complexity index is 1240. The number of benzene rings is 3. The minimum atomic E-state index is -0.0886. The molecular weight excluding hydrogens is 416 g/mol. The van der Waals surface area contributed by atoms with Gasteiger partial charge in [-0.05, 0) is 58.5 Å². The van der Waals surface area contributed by atoms with E-state index in [1.54, 1.807) is 17.9 Å². The van der Waals surface area contributed by atoms with Gasteiger partial charge in [0.25, 0.3) is 0 Å². The maximum absolute atomic E-state index is 10.7. The van der Waals surface area contributed by atoms with Gasteiger partial charge in [-0.3, -0.25) is 0 Å². The van der Waals surface area contributed by atoms with Gasteiger partial charge in [-0.2, -0.15) is 0 Å². The third-order valence-electron chi connectivity index (χ3n) is 5.75. The Morgan fingerprint density at radius 2 is 1.67 bits per heavy atom. The van der Waals surface area contributed by atoms with E-state index in [1.165, 1.54) is 11.6 Å². The molecule has 0 saturated heterocycles. The zero-order chi connectivity index (χ0) is 23.4. The van der Waals surface area contributed by atoms with E-state index >= 15 is 0 Å². The van der Waals surface area contributed by atoms with Crippen LogP contribution in [-0.2, 0) is 13.0 Å². The number of nitrogens with zero attached hydrogens (tertiary/aromatic N) is 4. The number of methoxy groups -OCH3 is 1. The third-order valence-corrected chi connectivity index (χ3v) is 5.75. The van der Waals surface area contributed by atoms with Gasteiger partial charge in [0.2, 0.25) is 0 Å². The molecule has 0 spiro atoms. The molecule has 0 aliphatic carbocycles. The summed E-state index contributed by atoms with van der Waals surface area (Å²) in [6, 6.07) is 19.2. The minimum Gasteiger partial charge on any atom is -0.507 e. The lowest BCUT2D eigenvalue weighted by Crippen LogP contribution is -2.04. The summed E-state index contributed by atoms with van der Waals surface area (Å²) in [7, 11) is 1.60. The van der Waals surface area contributed by atoms with Crippen molar-refractivity contribution in [3.05, 3.63) is 71.8 Å². The van der Waals surface area contributed by atoms with Gasteiger partial charge in [0.15, 0.2) is 5.82 Å². The maximum Gasteiger partial charge on any atom is 0.185 e. The van der Waals surface area contributed by atoms with Crippen LogP contribution in [0.2, 0.25) is 0 Å². The molecule has 0 bridgehead atoms. The fourth-order valence-corrected chi connectivity index (χ4v) is 3.89. The van der Waals surface area contributed by atoms with Gasteiger partial charge in [0.1, 0.15) is 17.2 Å². The number of hydrogen-bond acceptors (Lipinski definition) is 6. The maximum atomic E-state index is 10.7. The number of phenols is 2. The Morgan fingerprint density at radius 1 is 0.909 bits per heavy atom. The average molecular weight is 445 g/mol. The molecule has 0 amide bonds. The van der Waals surface area contributed by atoms with Crippen molar-refractivity contribution in [3.63, 3.8) is 0 Å². The standard InChI is InChI=1S/C26H28N4O3/c1-17(2)19-11-12-25(33-3)21(14-19)20-15-22(24(32)16-23(20)31)26-27-28-29-30(26)13-7-10-18-8-5-4-6-9-18/h4-6,8-9,11-12,14-17,31-32H,7,10,13H2,1-3H3. The number of ether oxygens (including phenoxy) is 1. The quantitative estimate of drug-likeness (QED) is 0.389. The minimum absolute atomic E-state index is 0.0430. The summed E-state index contributed by atoms with van der Waals surface area (Å²) in [6.45, 7) is 4.81. The normalized spacial score (nSPS) is 11.2. The molecule has 4 aromatic rings. The molecule has 4 rings (SSSR count). The van der Waals surface area contributed by atoms with Crippen molar-refractivity contribution in [3.8, 4) is 39.8 Å². The first-order valence-corrected chi connectivity index (χ1v) is 11.0. The second-order valence-electron chi connectivity index (χ2n) is 8.32. The molecule has 33 heavy (non-hydrogen) atoms. The third kappa shape index (κ3) is 4.82. The number of hydrogen-bond donors (Lipinski definition) is 2. The Labute approximate surface area is 193 Å². The molecule has 0 atom stereocenters. The van der Waals surface area contributed by atoms with Crippen molar-refractivity contribution in [1.29, 1.82) is 0 Å². The number of phenolic OH excluding ortho intramolecular Hbond substituents is 2. The fourth-order valence-electron chi connectivity index (χ4n) is 3.89. The van der Waals surface area contributed by atoms with E-state index in [1.807, 2.05) is 36.4 Å². The topological polar surface area (TPSA) is 93.3 Å². The number of aromatic hydroxyl groups is 2. The largest absolute Gasteiger partial charge is 0.507 e. The number of rotatable bonds is 8. The molecule has 0 radical (unpaired) electrons. The molecule has 1 heterocycles. The van der Waals surface area contributed by atoms with Crippen molar-refractivity contribution < 1.29 is 14.9 Å². The highest BCUT2D eigenvalue weighted by atomic mass is 16.5. The molecule has 0 aliphatic heterocycles. The van der Waals surface area contributed by atoms with Crippen molar-refractivity contribution in [2.45, 2.75) is 39.2 Å². The summed E-state index contributed by atoms with van der Waals surface area (Å²) in [6.07, 6.45) is 1.74. The van der Waals surface area contributed by atoms with E-state index in [4.69, 9.17) is 4.74 Å². The van der Waals surface area contributed by atoms with Gasteiger partial charge in [-0.15, -0.1) is 5.10 Å². The van der Waals surface area contributed by atoms with Gasteiger partial charge >= 0.3 is 0 Å². The molecule has 0 aliphatic rings. The lowest BCUT2D eigenvalue weighted by molar-refractivity contribution is 0.415. The van der Waals surface area contributed by atoms with Crippen LogP contribution in [0.15, 0.2) is 60.7 Å². The Morgan fingerprint density at radius 3 is 2.39 bits per heavy atom. The van der Waals surface area contributed by atoms with Crippen LogP contribution in [0.4, 0.5) is 0 Å². The monoisotopic (exact) mass is 444 g/mol. The summed E-state index contributed by atoms with van der Waals surface area (Å²) in [5.41, 5.74) is 4.10. The van der Waals surface area contributed by atoms with Gasteiger partial charge in [-0.25, -0.2) is 4.68 Å². The molecule has 7 heteroatoms. The molecule has 170 valence electrons. The predicted octanol–water partition coefficient (Wildman–Crippen LogP) is 5.18. The van der Waals surface area contributed by atoms with Crippen LogP contribution in [-0.4, -0.2) is 37.5 Å². The van der Waals surface area contributed by atoms with E-state index in [2.05, 4.69) is 41.5 Å². The Kier molecular flexibility index (Phi) is 6.58. The van der Waals surface area contributed by atoms with Crippen LogP contribution < -0.4 is 4.74 Å². The SMILES string of the molecule is COc1ccc(C(C)C)cc1-c1cc(-c2nnnn2CCCc2ccccc2)c(O)cc1O. The van der Waals surface area contributed by atoms with Gasteiger partial charge in [0.05, 0.1) is 12.7 Å². The first-order valence-electron chi connectivity index (χ1n) is 11.0. The summed E-state index contributed by atoms with van der Waals surface area (Å²) < 4.78 is 7.23. The van der Waals surface area contributed by atoms with Crippen LogP contribution in [0.25, 0.3) is 22.5 Å². The van der Waals surface area contributed by atoms with Crippen molar-refractivity contribution in [1.82, 2.24) is 20.2 Å². The van der Waals surface area contributed by atoms with Gasteiger partial charge < -0.3 is 14.9 Å². The zero-order valence-electron chi connectivity index (χ0n) is 19.1. The summed E-state index contributed by atoms with van der Waals surface area (Å²) in [4.78, 5) is 0. The predicted molar refractivity (Wildman–Crippen MR) is 127 cm³/mol. The van der Waals surface area contributed by atoms with Crippen molar-refractivity contribution in [2.75, 3.05) is 7.11 Å². The molecule has 1 aromatic heterocycles. The van der Waals surface area contributed by atoms with E-state index in [0.29, 0.717) is 35.2 Å². The number of aryl methyl sites for hydroxylation is 2. The van der Waals surface area contributed by atoms with Crippen LogP contribution in [0.1, 0.15) is 37.3 Å². The fraction of sp³-hybridized carbons (Fsp3) is 0.269.